The van der Waals surface area contributed by atoms with E-state index in [9.17, 15) is 8.78 Å². The Morgan fingerprint density at radius 2 is 1.74 bits per heavy atom. The van der Waals surface area contributed by atoms with Crippen molar-refractivity contribution in [1.29, 1.82) is 0 Å². The van der Waals surface area contributed by atoms with Crippen LogP contribution in [-0.4, -0.2) is 23.6 Å². The first kappa shape index (κ1) is 18.6. The number of anilines is 3. The van der Waals surface area contributed by atoms with Crippen LogP contribution in [0.5, 0.6) is 5.75 Å². The van der Waals surface area contributed by atoms with E-state index in [1.54, 1.807) is 20.1 Å². The van der Waals surface area contributed by atoms with E-state index in [1.807, 2.05) is 24.3 Å². The van der Waals surface area contributed by atoms with E-state index >= 15 is 0 Å². The lowest BCUT2D eigenvalue weighted by Crippen LogP contribution is -2.10. The van der Waals surface area contributed by atoms with Gasteiger partial charge in [0.25, 0.3) is 0 Å². The number of nitrogens with one attached hydrogen (secondary N) is 2. The molecule has 1 aromatic heterocycles. The molecule has 0 radical (unpaired) electrons. The molecule has 2 aromatic carbocycles. The van der Waals surface area contributed by atoms with Crippen LogP contribution >= 0.6 is 0 Å². The van der Waals surface area contributed by atoms with Crippen molar-refractivity contribution in [2.45, 2.75) is 13.3 Å². The summed E-state index contributed by atoms with van der Waals surface area (Å²) in [6.07, 6.45) is 0.714. The molecule has 1 heterocycles. The summed E-state index contributed by atoms with van der Waals surface area (Å²) in [7, 11) is 1.63. The van der Waals surface area contributed by atoms with Gasteiger partial charge >= 0.3 is 0 Å². The van der Waals surface area contributed by atoms with Crippen molar-refractivity contribution in [3.63, 3.8) is 0 Å². The molecule has 0 amide bonds. The molecule has 3 rings (SSSR count). The minimum atomic E-state index is -0.683. The molecular weight excluding hydrogens is 350 g/mol. The van der Waals surface area contributed by atoms with Gasteiger partial charge in [0.1, 0.15) is 28.9 Å². The standard InChI is InChI=1S/C20H20F2N4O/c1-13-12-18(25-19-15(21)7-5-8-16(19)22)26-20(24-13)23-11-10-14-6-3-4-9-17(14)27-2/h3-9,12H,10-11H2,1-2H3,(H2,23,24,25,26). The van der Waals surface area contributed by atoms with Crippen LogP contribution in [0.3, 0.4) is 0 Å². The van der Waals surface area contributed by atoms with Crippen molar-refractivity contribution >= 4 is 17.5 Å². The van der Waals surface area contributed by atoms with Gasteiger partial charge in [-0.1, -0.05) is 24.3 Å². The summed E-state index contributed by atoms with van der Waals surface area (Å²) < 4.78 is 33.0. The second-order valence-corrected chi connectivity index (χ2v) is 5.93. The van der Waals surface area contributed by atoms with Crippen molar-refractivity contribution in [3.05, 3.63) is 71.4 Å². The second kappa shape index (κ2) is 8.44. The first-order valence-electron chi connectivity index (χ1n) is 8.49. The fourth-order valence-corrected chi connectivity index (χ4v) is 2.68. The Bertz CT molecular complexity index is 913. The van der Waals surface area contributed by atoms with Gasteiger partial charge in [0.05, 0.1) is 7.11 Å². The molecular formula is C20H20F2N4O. The number of para-hydroxylation sites is 2. The van der Waals surface area contributed by atoms with Crippen LogP contribution < -0.4 is 15.4 Å². The van der Waals surface area contributed by atoms with Crippen LogP contribution in [-0.2, 0) is 6.42 Å². The minimum Gasteiger partial charge on any atom is -0.496 e. The number of methoxy groups -OCH3 is 1. The molecule has 0 unspecified atom stereocenters. The first-order chi connectivity index (χ1) is 13.1. The van der Waals surface area contributed by atoms with Gasteiger partial charge in [-0.25, -0.2) is 13.8 Å². The smallest absolute Gasteiger partial charge is 0.224 e. The average Bonchev–Trinajstić information content (AvgIpc) is 2.65. The summed E-state index contributed by atoms with van der Waals surface area (Å²) >= 11 is 0. The summed E-state index contributed by atoms with van der Waals surface area (Å²) in [6, 6.07) is 13.1. The van der Waals surface area contributed by atoms with Crippen LogP contribution in [0.4, 0.5) is 26.2 Å². The molecule has 5 nitrogen and oxygen atoms in total. The third-order valence-electron chi connectivity index (χ3n) is 3.94. The maximum atomic E-state index is 13.8. The van der Waals surface area contributed by atoms with E-state index in [1.165, 1.54) is 18.2 Å². The molecule has 0 fully saturated rings. The zero-order valence-electron chi connectivity index (χ0n) is 15.1. The highest BCUT2D eigenvalue weighted by molar-refractivity contribution is 5.59. The van der Waals surface area contributed by atoms with Crippen molar-refractivity contribution in [2.24, 2.45) is 0 Å². The SMILES string of the molecule is COc1ccccc1CCNc1nc(C)cc(Nc2c(F)cccc2F)n1. The van der Waals surface area contributed by atoms with Gasteiger partial charge in [-0.2, -0.15) is 4.98 Å². The van der Waals surface area contributed by atoms with Crippen molar-refractivity contribution in [1.82, 2.24) is 9.97 Å². The Morgan fingerprint density at radius 3 is 2.48 bits per heavy atom. The predicted octanol–water partition coefficient (Wildman–Crippen LogP) is 4.47. The molecule has 0 bridgehead atoms. The molecule has 7 heteroatoms. The molecule has 2 N–H and O–H groups in total. The molecule has 0 aliphatic rings. The fourth-order valence-electron chi connectivity index (χ4n) is 2.68. The number of benzene rings is 2. The number of rotatable bonds is 7. The van der Waals surface area contributed by atoms with Crippen LogP contribution in [0.15, 0.2) is 48.5 Å². The summed E-state index contributed by atoms with van der Waals surface area (Å²) in [5.41, 5.74) is 1.49. The zero-order chi connectivity index (χ0) is 19.2. The van der Waals surface area contributed by atoms with Crippen LogP contribution in [0.2, 0.25) is 0 Å². The summed E-state index contributed by atoms with van der Waals surface area (Å²) in [4.78, 5) is 8.60. The highest BCUT2D eigenvalue weighted by Gasteiger charge is 2.10. The van der Waals surface area contributed by atoms with Gasteiger partial charge in [-0.05, 0) is 37.1 Å². The number of aryl methyl sites for hydroxylation is 1. The third-order valence-corrected chi connectivity index (χ3v) is 3.94. The van der Waals surface area contributed by atoms with Gasteiger partial charge in [-0.3, -0.25) is 0 Å². The summed E-state index contributed by atoms with van der Waals surface area (Å²) in [6.45, 7) is 2.37. The number of ether oxygens (including phenoxy) is 1. The normalized spacial score (nSPS) is 10.5. The Morgan fingerprint density at radius 1 is 1.00 bits per heavy atom. The lowest BCUT2D eigenvalue weighted by atomic mass is 10.1. The Hall–Kier alpha value is -3.22. The van der Waals surface area contributed by atoms with E-state index in [0.29, 0.717) is 30.4 Å². The molecule has 0 atom stereocenters. The first-order valence-corrected chi connectivity index (χ1v) is 8.49. The highest BCUT2D eigenvalue weighted by atomic mass is 19.1. The third kappa shape index (κ3) is 4.69. The molecule has 0 saturated carbocycles. The second-order valence-electron chi connectivity index (χ2n) is 5.93. The summed E-state index contributed by atoms with van der Waals surface area (Å²) in [5, 5.41) is 5.82. The van der Waals surface area contributed by atoms with E-state index in [4.69, 9.17) is 4.74 Å². The average molecular weight is 370 g/mol. The largest absolute Gasteiger partial charge is 0.496 e. The van der Waals surface area contributed by atoms with Gasteiger partial charge in [0, 0.05) is 18.3 Å². The van der Waals surface area contributed by atoms with Gasteiger partial charge in [0.15, 0.2) is 0 Å². The molecule has 0 aliphatic heterocycles. The predicted molar refractivity (Wildman–Crippen MR) is 102 cm³/mol. The molecule has 3 aromatic rings. The lowest BCUT2D eigenvalue weighted by Gasteiger charge is -2.12. The monoisotopic (exact) mass is 370 g/mol. The fraction of sp³-hybridized carbons (Fsp3) is 0.200. The van der Waals surface area contributed by atoms with E-state index in [2.05, 4.69) is 20.6 Å². The van der Waals surface area contributed by atoms with Crippen LogP contribution in [0, 0.1) is 18.6 Å². The Balaban J connectivity index is 1.70. The number of nitrogens with zero attached hydrogens (tertiary/aromatic N) is 2. The number of aromatic nitrogens is 2. The quantitative estimate of drug-likeness (QED) is 0.643. The summed E-state index contributed by atoms with van der Waals surface area (Å²) in [5.74, 6) is 0.145. The number of halogens is 2. The number of hydrogen-bond donors (Lipinski definition) is 2. The van der Waals surface area contributed by atoms with E-state index in [-0.39, 0.29) is 5.69 Å². The molecule has 140 valence electrons. The van der Waals surface area contributed by atoms with Gasteiger partial charge in [-0.15, -0.1) is 0 Å². The zero-order valence-corrected chi connectivity index (χ0v) is 15.1. The van der Waals surface area contributed by atoms with Crippen molar-refractivity contribution in [2.75, 3.05) is 24.3 Å². The maximum absolute atomic E-state index is 13.8. The molecule has 0 spiro atoms. The maximum Gasteiger partial charge on any atom is 0.224 e. The van der Waals surface area contributed by atoms with Crippen molar-refractivity contribution in [3.8, 4) is 5.75 Å². The van der Waals surface area contributed by atoms with Crippen LogP contribution in [0.1, 0.15) is 11.3 Å². The lowest BCUT2D eigenvalue weighted by molar-refractivity contribution is 0.410. The van der Waals surface area contributed by atoms with Gasteiger partial charge in [0.2, 0.25) is 5.95 Å². The molecule has 0 aliphatic carbocycles. The van der Waals surface area contributed by atoms with E-state index in [0.717, 1.165) is 11.3 Å². The van der Waals surface area contributed by atoms with Gasteiger partial charge < -0.3 is 15.4 Å². The topological polar surface area (TPSA) is 59.1 Å². The number of hydrogen-bond acceptors (Lipinski definition) is 5. The minimum absolute atomic E-state index is 0.240. The molecule has 27 heavy (non-hydrogen) atoms. The van der Waals surface area contributed by atoms with E-state index < -0.39 is 11.6 Å². The highest BCUT2D eigenvalue weighted by Crippen LogP contribution is 2.23. The van der Waals surface area contributed by atoms with Crippen molar-refractivity contribution < 1.29 is 13.5 Å². The Kier molecular flexibility index (Phi) is 5.80. The van der Waals surface area contributed by atoms with Crippen LogP contribution in [0.25, 0.3) is 0 Å². The molecule has 0 saturated heterocycles. The Labute approximate surface area is 156 Å².